The van der Waals surface area contributed by atoms with E-state index in [-0.39, 0.29) is 5.91 Å². The molecule has 5 nitrogen and oxygen atoms in total. The lowest BCUT2D eigenvalue weighted by molar-refractivity contribution is -0.128. The van der Waals surface area contributed by atoms with E-state index in [2.05, 4.69) is 21.7 Å². The SMILES string of the molecule is O=C(Nc1ccc(SCc2cccnc2)cc1)C1CNCCO1. The summed E-state index contributed by atoms with van der Waals surface area (Å²) in [6.45, 7) is 1.93. The van der Waals surface area contributed by atoms with E-state index in [0.717, 1.165) is 22.9 Å². The molecule has 0 bridgehead atoms. The van der Waals surface area contributed by atoms with Gasteiger partial charge in [0.1, 0.15) is 6.10 Å². The van der Waals surface area contributed by atoms with Crippen molar-refractivity contribution >= 4 is 23.4 Å². The molecule has 2 aromatic rings. The zero-order valence-corrected chi connectivity index (χ0v) is 13.5. The van der Waals surface area contributed by atoms with Crippen LogP contribution in [-0.2, 0) is 15.3 Å². The van der Waals surface area contributed by atoms with Crippen LogP contribution in [0.5, 0.6) is 0 Å². The molecule has 1 atom stereocenters. The summed E-state index contributed by atoms with van der Waals surface area (Å²) in [5.41, 5.74) is 1.98. The van der Waals surface area contributed by atoms with Gasteiger partial charge in [-0.2, -0.15) is 0 Å². The number of pyridine rings is 1. The first-order valence-corrected chi connectivity index (χ1v) is 8.55. The van der Waals surface area contributed by atoms with Gasteiger partial charge in [0.2, 0.25) is 0 Å². The lowest BCUT2D eigenvalue weighted by Gasteiger charge is -2.22. The number of carbonyl (C=O) groups excluding carboxylic acids is 1. The van der Waals surface area contributed by atoms with Crippen molar-refractivity contribution < 1.29 is 9.53 Å². The Bertz CT molecular complexity index is 628. The van der Waals surface area contributed by atoms with Crippen molar-refractivity contribution in [3.05, 3.63) is 54.4 Å². The summed E-state index contributed by atoms with van der Waals surface area (Å²) in [7, 11) is 0. The number of carbonyl (C=O) groups is 1. The zero-order valence-electron chi connectivity index (χ0n) is 12.7. The van der Waals surface area contributed by atoms with Crippen LogP contribution in [0.3, 0.4) is 0 Å². The van der Waals surface area contributed by atoms with Gasteiger partial charge >= 0.3 is 0 Å². The van der Waals surface area contributed by atoms with Crippen LogP contribution >= 0.6 is 11.8 Å². The molecule has 120 valence electrons. The second-order valence-electron chi connectivity index (χ2n) is 5.23. The Morgan fingerprint density at radius 2 is 2.22 bits per heavy atom. The molecule has 1 aliphatic heterocycles. The van der Waals surface area contributed by atoms with Gasteiger partial charge in [0, 0.05) is 41.8 Å². The molecule has 2 N–H and O–H groups in total. The van der Waals surface area contributed by atoms with Crippen LogP contribution in [-0.4, -0.2) is 36.7 Å². The molecule has 1 aromatic carbocycles. The molecule has 0 radical (unpaired) electrons. The topological polar surface area (TPSA) is 63.2 Å². The van der Waals surface area contributed by atoms with Gasteiger partial charge in [-0.05, 0) is 35.9 Å². The molecule has 1 saturated heterocycles. The number of morpholine rings is 1. The van der Waals surface area contributed by atoms with Gasteiger partial charge in [-0.3, -0.25) is 9.78 Å². The highest BCUT2D eigenvalue weighted by molar-refractivity contribution is 7.98. The van der Waals surface area contributed by atoms with Crippen molar-refractivity contribution in [2.45, 2.75) is 16.8 Å². The Kier molecular flexibility index (Phi) is 5.63. The fourth-order valence-electron chi connectivity index (χ4n) is 2.24. The quantitative estimate of drug-likeness (QED) is 0.824. The molecule has 1 unspecified atom stereocenters. The van der Waals surface area contributed by atoms with Crippen molar-refractivity contribution in [1.29, 1.82) is 0 Å². The number of nitrogens with zero attached hydrogens (tertiary/aromatic N) is 1. The second kappa shape index (κ2) is 8.10. The molecular formula is C17H19N3O2S. The van der Waals surface area contributed by atoms with E-state index in [4.69, 9.17) is 4.74 Å². The maximum Gasteiger partial charge on any atom is 0.254 e. The van der Waals surface area contributed by atoms with E-state index in [9.17, 15) is 4.79 Å². The summed E-state index contributed by atoms with van der Waals surface area (Å²) in [5, 5.41) is 6.04. The molecule has 1 fully saturated rings. The number of hydrogen-bond acceptors (Lipinski definition) is 5. The predicted octanol–water partition coefficient (Wildman–Crippen LogP) is 2.30. The van der Waals surface area contributed by atoms with Crippen LogP contribution in [0.4, 0.5) is 5.69 Å². The molecular weight excluding hydrogens is 310 g/mol. The van der Waals surface area contributed by atoms with Gasteiger partial charge in [-0.1, -0.05) is 6.07 Å². The minimum absolute atomic E-state index is 0.104. The van der Waals surface area contributed by atoms with E-state index in [1.807, 2.05) is 36.5 Å². The van der Waals surface area contributed by atoms with Gasteiger partial charge in [-0.25, -0.2) is 0 Å². The first-order valence-electron chi connectivity index (χ1n) is 7.56. The third-order valence-electron chi connectivity index (χ3n) is 3.47. The second-order valence-corrected chi connectivity index (χ2v) is 6.28. The van der Waals surface area contributed by atoms with Crippen molar-refractivity contribution in [2.75, 3.05) is 25.0 Å². The maximum atomic E-state index is 12.1. The lowest BCUT2D eigenvalue weighted by Crippen LogP contribution is -2.45. The third kappa shape index (κ3) is 4.79. The number of amides is 1. The van der Waals surface area contributed by atoms with Crippen molar-refractivity contribution in [3.8, 4) is 0 Å². The minimum atomic E-state index is -0.414. The smallest absolute Gasteiger partial charge is 0.254 e. The molecule has 0 saturated carbocycles. The summed E-state index contributed by atoms with van der Waals surface area (Å²) in [6, 6.07) is 11.9. The number of ether oxygens (including phenoxy) is 1. The molecule has 1 aliphatic rings. The normalized spacial score (nSPS) is 17.7. The van der Waals surface area contributed by atoms with E-state index in [1.165, 1.54) is 5.56 Å². The number of thioether (sulfide) groups is 1. The van der Waals surface area contributed by atoms with Gasteiger partial charge < -0.3 is 15.4 Å². The monoisotopic (exact) mass is 329 g/mol. The number of aromatic nitrogens is 1. The molecule has 23 heavy (non-hydrogen) atoms. The molecule has 1 aromatic heterocycles. The number of rotatable bonds is 5. The fourth-order valence-corrected chi connectivity index (χ4v) is 3.07. The highest BCUT2D eigenvalue weighted by atomic mass is 32.2. The number of hydrogen-bond donors (Lipinski definition) is 2. The van der Waals surface area contributed by atoms with E-state index in [1.54, 1.807) is 18.0 Å². The number of nitrogens with one attached hydrogen (secondary N) is 2. The van der Waals surface area contributed by atoms with Crippen LogP contribution in [0.1, 0.15) is 5.56 Å². The van der Waals surface area contributed by atoms with E-state index >= 15 is 0 Å². The van der Waals surface area contributed by atoms with Crippen LogP contribution in [0.15, 0.2) is 53.7 Å². The molecule has 3 rings (SSSR count). The average molecular weight is 329 g/mol. The summed E-state index contributed by atoms with van der Waals surface area (Å²) in [5.74, 6) is 0.772. The Morgan fingerprint density at radius 3 is 2.91 bits per heavy atom. The largest absolute Gasteiger partial charge is 0.366 e. The molecule has 1 amide bonds. The highest BCUT2D eigenvalue weighted by Crippen LogP contribution is 2.24. The number of anilines is 1. The van der Waals surface area contributed by atoms with E-state index < -0.39 is 6.10 Å². The molecule has 0 spiro atoms. The van der Waals surface area contributed by atoms with Crippen molar-refractivity contribution in [2.24, 2.45) is 0 Å². The van der Waals surface area contributed by atoms with E-state index in [0.29, 0.717) is 13.2 Å². The Balaban J connectivity index is 1.51. The first-order chi connectivity index (χ1) is 11.3. The van der Waals surface area contributed by atoms with Gasteiger partial charge in [-0.15, -0.1) is 11.8 Å². The summed E-state index contributed by atoms with van der Waals surface area (Å²) < 4.78 is 5.44. The van der Waals surface area contributed by atoms with Crippen molar-refractivity contribution in [1.82, 2.24) is 10.3 Å². The Hall–Kier alpha value is -1.89. The maximum absolute atomic E-state index is 12.1. The van der Waals surface area contributed by atoms with Crippen LogP contribution in [0.2, 0.25) is 0 Å². The standard InChI is InChI=1S/C17H19N3O2S/c21-17(16-11-19-8-9-22-16)20-14-3-5-15(6-4-14)23-12-13-2-1-7-18-10-13/h1-7,10,16,19H,8-9,11-12H2,(H,20,21). The van der Waals surface area contributed by atoms with Crippen LogP contribution < -0.4 is 10.6 Å². The highest BCUT2D eigenvalue weighted by Gasteiger charge is 2.21. The minimum Gasteiger partial charge on any atom is -0.366 e. The van der Waals surface area contributed by atoms with Gasteiger partial charge in [0.25, 0.3) is 5.91 Å². The Morgan fingerprint density at radius 1 is 1.35 bits per heavy atom. The molecule has 6 heteroatoms. The van der Waals surface area contributed by atoms with Crippen LogP contribution in [0.25, 0.3) is 0 Å². The first kappa shape index (κ1) is 16.0. The summed E-state index contributed by atoms with van der Waals surface area (Å²) >= 11 is 1.74. The van der Waals surface area contributed by atoms with Gasteiger partial charge in [0.15, 0.2) is 0 Å². The molecule has 2 heterocycles. The predicted molar refractivity (Wildman–Crippen MR) is 91.5 cm³/mol. The third-order valence-corrected chi connectivity index (χ3v) is 4.55. The van der Waals surface area contributed by atoms with Gasteiger partial charge in [0.05, 0.1) is 6.61 Å². The summed E-state index contributed by atoms with van der Waals surface area (Å²) in [6.07, 6.45) is 3.24. The zero-order chi connectivity index (χ0) is 15.9. The van der Waals surface area contributed by atoms with Crippen LogP contribution in [0, 0.1) is 0 Å². The lowest BCUT2D eigenvalue weighted by atomic mass is 10.2. The van der Waals surface area contributed by atoms with Crippen molar-refractivity contribution in [3.63, 3.8) is 0 Å². The summed E-state index contributed by atoms with van der Waals surface area (Å²) in [4.78, 5) is 17.3. The number of benzene rings is 1. The fraction of sp³-hybridized carbons (Fsp3) is 0.294. The molecule has 0 aliphatic carbocycles. The Labute approximate surface area is 139 Å². The average Bonchev–Trinajstić information content (AvgIpc) is 2.63.